The summed E-state index contributed by atoms with van der Waals surface area (Å²) in [6.07, 6.45) is 1.20. The molecular weight excluding hydrogens is 445 g/mol. The minimum Gasteiger partial charge on any atom is -0.457 e. The molecule has 0 saturated carbocycles. The molecule has 0 radical (unpaired) electrons. The Kier molecular flexibility index (Phi) is 6.21. The van der Waals surface area contributed by atoms with Crippen LogP contribution >= 0.6 is 0 Å². The summed E-state index contributed by atoms with van der Waals surface area (Å²) in [5.41, 5.74) is 4.92. The summed E-state index contributed by atoms with van der Waals surface area (Å²) < 4.78 is 22.1. The average molecular weight is 474 g/mol. The minimum absolute atomic E-state index is 0.255. The molecule has 0 spiro atoms. The van der Waals surface area contributed by atoms with E-state index in [-0.39, 0.29) is 12.5 Å². The maximum atomic E-state index is 14.1. The van der Waals surface area contributed by atoms with Gasteiger partial charge in [-0.15, -0.1) is 0 Å². The van der Waals surface area contributed by atoms with E-state index in [1.165, 1.54) is 0 Å². The number of halogens is 1. The summed E-state index contributed by atoms with van der Waals surface area (Å²) in [5.74, 6) is 1.12. The molecule has 3 heterocycles. The molecule has 0 unspecified atom stereocenters. The molecule has 1 amide bonds. The molecule has 35 heavy (non-hydrogen) atoms. The fourth-order valence-electron chi connectivity index (χ4n) is 4.56. The van der Waals surface area contributed by atoms with Gasteiger partial charge < -0.3 is 15.4 Å². The molecule has 2 atom stereocenters. The highest BCUT2D eigenvalue weighted by molar-refractivity contribution is 5.96. The van der Waals surface area contributed by atoms with Crippen LogP contribution in [-0.4, -0.2) is 46.0 Å². The van der Waals surface area contributed by atoms with Crippen LogP contribution in [0.15, 0.2) is 54.7 Å². The summed E-state index contributed by atoms with van der Waals surface area (Å²) in [4.78, 5) is 17.2. The molecule has 4 aromatic rings. The SMILES string of the molecule is Cc1cc(-c2cc(Oc3ccc4c(C)nn(C)c4c3)ccn2)ccc1C(=O)N[C@H]1CCNC[C@H]1F. The van der Waals surface area contributed by atoms with E-state index in [2.05, 4.69) is 20.7 Å². The van der Waals surface area contributed by atoms with Gasteiger partial charge in [0.1, 0.15) is 17.7 Å². The Balaban J connectivity index is 1.34. The zero-order chi connectivity index (χ0) is 24.5. The van der Waals surface area contributed by atoms with Gasteiger partial charge in [-0.3, -0.25) is 14.5 Å². The number of ether oxygens (including phenoxy) is 1. The molecule has 2 aromatic carbocycles. The summed E-state index contributed by atoms with van der Waals surface area (Å²) in [7, 11) is 1.91. The molecule has 5 rings (SSSR count). The lowest BCUT2D eigenvalue weighted by Gasteiger charge is -2.27. The van der Waals surface area contributed by atoms with Crippen molar-refractivity contribution in [2.24, 2.45) is 7.05 Å². The number of benzene rings is 2. The Morgan fingerprint density at radius 2 is 1.97 bits per heavy atom. The number of rotatable bonds is 5. The van der Waals surface area contributed by atoms with Gasteiger partial charge in [0.25, 0.3) is 5.91 Å². The zero-order valence-electron chi connectivity index (χ0n) is 20.0. The Morgan fingerprint density at radius 1 is 1.14 bits per heavy atom. The number of hydrogen-bond donors (Lipinski definition) is 2. The van der Waals surface area contributed by atoms with Crippen molar-refractivity contribution in [1.82, 2.24) is 25.4 Å². The highest BCUT2D eigenvalue weighted by Crippen LogP contribution is 2.29. The van der Waals surface area contributed by atoms with Gasteiger partial charge in [-0.05, 0) is 62.7 Å². The lowest BCUT2D eigenvalue weighted by Crippen LogP contribution is -2.50. The predicted molar refractivity (Wildman–Crippen MR) is 134 cm³/mol. The molecular formula is C27H28FN5O2. The standard InChI is InChI=1S/C27H28FN5O2/c1-16-12-18(4-6-21(16)27(34)31-24-9-10-29-15-23(24)28)25-13-20(8-11-30-25)35-19-5-7-22-17(2)32-33(3)26(22)14-19/h4-8,11-14,23-24,29H,9-10,15H2,1-3H3,(H,31,34)/t23-,24+/m1/s1. The van der Waals surface area contributed by atoms with Gasteiger partial charge in [0.2, 0.25) is 0 Å². The van der Waals surface area contributed by atoms with Crippen LogP contribution in [0.4, 0.5) is 4.39 Å². The van der Waals surface area contributed by atoms with Gasteiger partial charge in [0.05, 0.1) is 22.9 Å². The molecule has 2 N–H and O–H groups in total. The number of aromatic nitrogens is 3. The van der Waals surface area contributed by atoms with Crippen LogP contribution in [0.2, 0.25) is 0 Å². The molecule has 1 aliphatic rings. The van der Waals surface area contributed by atoms with Gasteiger partial charge in [-0.1, -0.05) is 6.07 Å². The molecule has 2 aromatic heterocycles. The number of amides is 1. The van der Waals surface area contributed by atoms with Gasteiger partial charge in [0, 0.05) is 48.4 Å². The molecule has 8 heteroatoms. The van der Waals surface area contributed by atoms with E-state index in [1.54, 1.807) is 12.3 Å². The topological polar surface area (TPSA) is 81.1 Å². The van der Waals surface area contributed by atoms with E-state index >= 15 is 0 Å². The third kappa shape index (κ3) is 4.74. The molecule has 180 valence electrons. The second kappa shape index (κ2) is 9.46. The number of carbonyl (C=O) groups is 1. The first kappa shape index (κ1) is 23.0. The summed E-state index contributed by atoms with van der Waals surface area (Å²) >= 11 is 0. The van der Waals surface area contributed by atoms with Crippen LogP contribution in [0.5, 0.6) is 11.5 Å². The Morgan fingerprint density at radius 3 is 2.77 bits per heavy atom. The highest BCUT2D eigenvalue weighted by Gasteiger charge is 2.26. The molecule has 1 aliphatic heterocycles. The molecule has 1 fully saturated rings. The van der Waals surface area contributed by atoms with E-state index in [0.717, 1.165) is 33.4 Å². The zero-order valence-corrected chi connectivity index (χ0v) is 20.0. The quantitative estimate of drug-likeness (QED) is 0.447. The van der Waals surface area contributed by atoms with Crippen molar-refractivity contribution in [2.45, 2.75) is 32.5 Å². The molecule has 1 saturated heterocycles. The van der Waals surface area contributed by atoms with Crippen molar-refractivity contribution in [3.8, 4) is 22.8 Å². The van der Waals surface area contributed by atoms with Gasteiger partial charge in [-0.2, -0.15) is 5.10 Å². The van der Waals surface area contributed by atoms with Crippen molar-refractivity contribution in [2.75, 3.05) is 13.1 Å². The predicted octanol–water partition coefficient (Wildman–Crippen LogP) is 4.47. The average Bonchev–Trinajstić information content (AvgIpc) is 3.13. The maximum absolute atomic E-state index is 14.1. The van der Waals surface area contributed by atoms with E-state index in [0.29, 0.717) is 30.0 Å². The fourth-order valence-corrected chi connectivity index (χ4v) is 4.56. The van der Waals surface area contributed by atoms with E-state index < -0.39 is 12.2 Å². The van der Waals surface area contributed by atoms with Crippen molar-refractivity contribution >= 4 is 16.8 Å². The number of piperidine rings is 1. The lowest BCUT2D eigenvalue weighted by molar-refractivity contribution is 0.0891. The first-order valence-corrected chi connectivity index (χ1v) is 11.7. The highest BCUT2D eigenvalue weighted by atomic mass is 19.1. The van der Waals surface area contributed by atoms with Gasteiger partial charge in [0.15, 0.2) is 0 Å². The molecule has 0 bridgehead atoms. The van der Waals surface area contributed by atoms with Crippen molar-refractivity contribution in [1.29, 1.82) is 0 Å². The largest absolute Gasteiger partial charge is 0.457 e. The number of fused-ring (bicyclic) bond motifs is 1. The Bertz CT molecular complexity index is 1400. The van der Waals surface area contributed by atoms with E-state index in [9.17, 15) is 9.18 Å². The number of nitrogens with one attached hydrogen (secondary N) is 2. The Hall–Kier alpha value is -3.78. The second-order valence-corrected chi connectivity index (χ2v) is 8.99. The first-order valence-electron chi connectivity index (χ1n) is 11.7. The summed E-state index contributed by atoms with van der Waals surface area (Å²) in [5, 5.41) is 11.4. The van der Waals surface area contributed by atoms with Crippen molar-refractivity contribution in [3.63, 3.8) is 0 Å². The minimum atomic E-state index is -1.08. The van der Waals surface area contributed by atoms with Crippen LogP contribution in [0.25, 0.3) is 22.2 Å². The number of nitrogens with zero attached hydrogens (tertiary/aromatic N) is 3. The number of hydrogen-bond acceptors (Lipinski definition) is 5. The second-order valence-electron chi connectivity index (χ2n) is 8.99. The number of pyridine rings is 1. The number of alkyl halides is 1. The molecule has 0 aliphatic carbocycles. The van der Waals surface area contributed by atoms with Crippen molar-refractivity contribution in [3.05, 3.63) is 71.5 Å². The van der Waals surface area contributed by atoms with Crippen LogP contribution in [-0.2, 0) is 7.05 Å². The normalized spacial score (nSPS) is 17.9. The maximum Gasteiger partial charge on any atom is 0.251 e. The van der Waals surface area contributed by atoms with Crippen LogP contribution in [0, 0.1) is 13.8 Å². The van der Waals surface area contributed by atoms with Crippen LogP contribution < -0.4 is 15.4 Å². The smallest absolute Gasteiger partial charge is 0.251 e. The third-order valence-corrected chi connectivity index (χ3v) is 6.47. The third-order valence-electron chi connectivity index (χ3n) is 6.47. The lowest BCUT2D eigenvalue weighted by atomic mass is 10.0. The number of aryl methyl sites for hydroxylation is 3. The molecule has 7 nitrogen and oxygen atoms in total. The fraction of sp³-hybridized carbons (Fsp3) is 0.296. The van der Waals surface area contributed by atoms with Gasteiger partial charge >= 0.3 is 0 Å². The van der Waals surface area contributed by atoms with Crippen molar-refractivity contribution < 1.29 is 13.9 Å². The van der Waals surface area contributed by atoms with E-state index in [4.69, 9.17) is 4.74 Å². The van der Waals surface area contributed by atoms with Gasteiger partial charge in [-0.25, -0.2) is 4.39 Å². The first-order chi connectivity index (χ1) is 16.9. The van der Waals surface area contributed by atoms with Crippen LogP contribution in [0.1, 0.15) is 28.0 Å². The summed E-state index contributed by atoms with van der Waals surface area (Å²) in [6.45, 7) is 4.82. The monoisotopic (exact) mass is 473 g/mol. The number of carbonyl (C=O) groups excluding carboxylic acids is 1. The Labute approximate surface area is 203 Å². The van der Waals surface area contributed by atoms with E-state index in [1.807, 2.05) is 68.0 Å². The summed E-state index contributed by atoms with van der Waals surface area (Å²) in [6, 6.07) is 14.7. The van der Waals surface area contributed by atoms with Crippen LogP contribution in [0.3, 0.4) is 0 Å².